The van der Waals surface area contributed by atoms with Crippen molar-refractivity contribution in [3.63, 3.8) is 0 Å². The number of nitrogens with zero attached hydrogens (tertiary/aromatic N) is 2. The van der Waals surface area contributed by atoms with Crippen LogP contribution < -0.4 is 15.0 Å². The van der Waals surface area contributed by atoms with E-state index in [-0.39, 0.29) is 12.0 Å². The molecule has 5 nitrogen and oxygen atoms in total. The standard InChI is InChI=1S/C14H19N3O2/c18-14-5-2-10-17(14)12-3-1-4-13(16-12)19-11-6-8-15-9-7-11/h1,3-4,11,15H,2,5-10H2. The summed E-state index contributed by atoms with van der Waals surface area (Å²) in [6, 6.07) is 5.65. The van der Waals surface area contributed by atoms with Gasteiger partial charge in [0.1, 0.15) is 11.9 Å². The third-order valence-corrected chi connectivity index (χ3v) is 3.63. The summed E-state index contributed by atoms with van der Waals surface area (Å²) in [5.41, 5.74) is 0. The van der Waals surface area contributed by atoms with Gasteiger partial charge >= 0.3 is 0 Å². The summed E-state index contributed by atoms with van der Waals surface area (Å²) in [5, 5.41) is 3.31. The van der Waals surface area contributed by atoms with Crippen LogP contribution >= 0.6 is 0 Å². The first-order valence-electron chi connectivity index (χ1n) is 6.98. The molecule has 1 N–H and O–H groups in total. The average molecular weight is 261 g/mol. The van der Waals surface area contributed by atoms with Gasteiger partial charge in [-0.2, -0.15) is 4.98 Å². The van der Waals surface area contributed by atoms with E-state index in [1.165, 1.54) is 0 Å². The zero-order chi connectivity index (χ0) is 13.1. The maximum atomic E-state index is 11.7. The molecule has 1 aromatic heterocycles. The van der Waals surface area contributed by atoms with Crippen molar-refractivity contribution in [1.82, 2.24) is 10.3 Å². The smallest absolute Gasteiger partial charge is 0.228 e. The van der Waals surface area contributed by atoms with Crippen LogP contribution in [0.5, 0.6) is 5.88 Å². The highest BCUT2D eigenvalue weighted by Gasteiger charge is 2.23. The quantitative estimate of drug-likeness (QED) is 0.892. The van der Waals surface area contributed by atoms with Crippen molar-refractivity contribution >= 4 is 11.7 Å². The Balaban J connectivity index is 1.70. The summed E-state index contributed by atoms with van der Waals surface area (Å²) in [7, 11) is 0. The van der Waals surface area contributed by atoms with Crippen LogP contribution in [0.3, 0.4) is 0 Å². The number of carbonyl (C=O) groups is 1. The van der Waals surface area contributed by atoms with E-state index < -0.39 is 0 Å². The monoisotopic (exact) mass is 261 g/mol. The van der Waals surface area contributed by atoms with Crippen molar-refractivity contribution in [2.75, 3.05) is 24.5 Å². The van der Waals surface area contributed by atoms with E-state index in [1.54, 1.807) is 4.90 Å². The van der Waals surface area contributed by atoms with Crippen molar-refractivity contribution in [2.45, 2.75) is 31.8 Å². The molecule has 0 spiro atoms. The first kappa shape index (κ1) is 12.4. The van der Waals surface area contributed by atoms with E-state index in [9.17, 15) is 4.79 Å². The molecule has 3 heterocycles. The number of nitrogens with one attached hydrogen (secondary N) is 1. The zero-order valence-corrected chi connectivity index (χ0v) is 11.0. The maximum Gasteiger partial charge on any atom is 0.228 e. The molecule has 19 heavy (non-hydrogen) atoms. The Labute approximate surface area is 113 Å². The zero-order valence-electron chi connectivity index (χ0n) is 11.0. The number of anilines is 1. The Kier molecular flexibility index (Phi) is 3.64. The van der Waals surface area contributed by atoms with E-state index in [2.05, 4.69) is 10.3 Å². The van der Waals surface area contributed by atoms with E-state index in [0.717, 1.165) is 38.9 Å². The van der Waals surface area contributed by atoms with Crippen LogP contribution in [0, 0.1) is 0 Å². The molecular formula is C14H19N3O2. The molecule has 2 aliphatic heterocycles. The highest BCUT2D eigenvalue weighted by Crippen LogP contribution is 2.22. The number of hydrogen-bond donors (Lipinski definition) is 1. The normalized spacial score (nSPS) is 20.8. The summed E-state index contributed by atoms with van der Waals surface area (Å²) in [6.45, 7) is 2.76. The predicted molar refractivity (Wildman–Crippen MR) is 72.3 cm³/mol. The van der Waals surface area contributed by atoms with E-state index in [1.807, 2.05) is 18.2 Å². The molecule has 0 atom stereocenters. The van der Waals surface area contributed by atoms with E-state index >= 15 is 0 Å². The number of piperidine rings is 1. The number of carbonyl (C=O) groups excluding carboxylic acids is 1. The third kappa shape index (κ3) is 2.87. The summed E-state index contributed by atoms with van der Waals surface area (Å²) >= 11 is 0. The topological polar surface area (TPSA) is 54.5 Å². The van der Waals surface area contributed by atoms with Gasteiger partial charge in [-0.25, -0.2) is 0 Å². The molecule has 5 heteroatoms. The average Bonchev–Trinajstić information content (AvgIpc) is 2.86. The third-order valence-electron chi connectivity index (χ3n) is 3.63. The fourth-order valence-corrected chi connectivity index (χ4v) is 2.59. The Morgan fingerprint density at radius 1 is 1.32 bits per heavy atom. The molecule has 0 unspecified atom stereocenters. The summed E-state index contributed by atoms with van der Waals surface area (Å²) < 4.78 is 5.90. The highest BCUT2D eigenvalue weighted by atomic mass is 16.5. The summed E-state index contributed by atoms with van der Waals surface area (Å²) in [6.07, 6.45) is 3.79. The molecule has 3 rings (SSSR count). The number of pyridine rings is 1. The number of ether oxygens (including phenoxy) is 1. The minimum atomic E-state index is 0.159. The van der Waals surface area contributed by atoms with Crippen molar-refractivity contribution in [3.05, 3.63) is 18.2 Å². The predicted octanol–water partition coefficient (Wildman–Crippen LogP) is 1.34. The summed E-state index contributed by atoms with van der Waals surface area (Å²) in [4.78, 5) is 17.9. The van der Waals surface area contributed by atoms with Crippen LogP contribution in [-0.4, -0.2) is 36.6 Å². The van der Waals surface area contributed by atoms with Gasteiger partial charge in [0.15, 0.2) is 0 Å². The van der Waals surface area contributed by atoms with Crippen LogP contribution in [0.1, 0.15) is 25.7 Å². The molecule has 0 bridgehead atoms. The summed E-state index contributed by atoms with van der Waals surface area (Å²) in [5.74, 6) is 1.50. The van der Waals surface area contributed by atoms with Crippen molar-refractivity contribution in [2.24, 2.45) is 0 Å². The van der Waals surface area contributed by atoms with Gasteiger partial charge in [-0.3, -0.25) is 9.69 Å². The Morgan fingerprint density at radius 3 is 2.89 bits per heavy atom. The van der Waals surface area contributed by atoms with Gasteiger partial charge in [-0.05, 0) is 38.4 Å². The van der Waals surface area contributed by atoms with Gasteiger partial charge in [0.25, 0.3) is 0 Å². The number of aromatic nitrogens is 1. The first-order chi connectivity index (χ1) is 9.33. The fraction of sp³-hybridized carbons (Fsp3) is 0.571. The van der Waals surface area contributed by atoms with Gasteiger partial charge in [-0.15, -0.1) is 0 Å². The second-order valence-corrected chi connectivity index (χ2v) is 5.05. The highest BCUT2D eigenvalue weighted by molar-refractivity contribution is 5.94. The molecule has 1 amide bonds. The maximum absolute atomic E-state index is 11.7. The van der Waals surface area contributed by atoms with Crippen LogP contribution in [0.4, 0.5) is 5.82 Å². The molecule has 2 aliphatic rings. The molecule has 0 radical (unpaired) electrons. The van der Waals surface area contributed by atoms with Gasteiger partial charge in [0, 0.05) is 19.0 Å². The number of rotatable bonds is 3. The Morgan fingerprint density at radius 2 is 2.16 bits per heavy atom. The van der Waals surface area contributed by atoms with E-state index in [4.69, 9.17) is 4.74 Å². The van der Waals surface area contributed by atoms with E-state index in [0.29, 0.717) is 18.1 Å². The Hall–Kier alpha value is -1.62. The molecule has 2 saturated heterocycles. The lowest BCUT2D eigenvalue weighted by atomic mass is 10.1. The van der Waals surface area contributed by atoms with Gasteiger partial charge < -0.3 is 10.1 Å². The SMILES string of the molecule is O=C1CCCN1c1cccc(OC2CCNCC2)n1. The van der Waals surface area contributed by atoms with Crippen molar-refractivity contribution in [1.29, 1.82) is 0 Å². The lowest BCUT2D eigenvalue weighted by Crippen LogP contribution is -2.34. The first-order valence-corrected chi connectivity index (χ1v) is 6.98. The lowest BCUT2D eigenvalue weighted by molar-refractivity contribution is -0.117. The van der Waals surface area contributed by atoms with Gasteiger partial charge in [-0.1, -0.05) is 6.07 Å². The molecular weight excluding hydrogens is 242 g/mol. The number of amides is 1. The Bertz CT molecular complexity index is 458. The minimum absolute atomic E-state index is 0.159. The van der Waals surface area contributed by atoms with Gasteiger partial charge in [0.2, 0.25) is 11.8 Å². The fourth-order valence-electron chi connectivity index (χ4n) is 2.59. The molecule has 102 valence electrons. The molecule has 2 fully saturated rings. The second kappa shape index (κ2) is 5.57. The molecule has 0 saturated carbocycles. The second-order valence-electron chi connectivity index (χ2n) is 5.05. The van der Waals surface area contributed by atoms with Crippen LogP contribution in [0.2, 0.25) is 0 Å². The minimum Gasteiger partial charge on any atom is -0.474 e. The van der Waals surface area contributed by atoms with Gasteiger partial charge in [0.05, 0.1) is 0 Å². The number of hydrogen-bond acceptors (Lipinski definition) is 4. The van der Waals surface area contributed by atoms with Crippen LogP contribution in [0.15, 0.2) is 18.2 Å². The van der Waals surface area contributed by atoms with Crippen LogP contribution in [-0.2, 0) is 4.79 Å². The van der Waals surface area contributed by atoms with Crippen molar-refractivity contribution in [3.8, 4) is 5.88 Å². The van der Waals surface area contributed by atoms with Crippen LogP contribution in [0.25, 0.3) is 0 Å². The molecule has 0 aliphatic carbocycles. The lowest BCUT2D eigenvalue weighted by Gasteiger charge is -2.24. The van der Waals surface area contributed by atoms with Crippen molar-refractivity contribution < 1.29 is 9.53 Å². The molecule has 0 aromatic carbocycles. The molecule has 1 aromatic rings. The largest absolute Gasteiger partial charge is 0.474 e.